The van der Waals surface area contributed by atoms with E-state index in [-0.39, 0.29) is 6.03 Å². The second kappa shape index (κ2) is 6.58. The third-order valence-electron chi connectivity index (χ3n) is 3.92. The molecular formula is C16H17ClN2O2S. The van der Waals surface area contributed by atoms with Crippen LogP contribution in [0.4, 0.5) is 10.5 Å². The summed E-state index contributed by atoms with van der Waals surface area (Å²) in [5.74, 6) is 1.22. The van der Waals surface area contributed by atoms with Crippen molar-refractivity contribution in [3.05, 3.63) is 45.6 Å². The molecule has 2 aromatic rings. The monoisotopic (exact) mass is 336 g/mol. The lowest BCUT2D eigenvalue weighted by atomic mass is 9.98. The van der Waals surface area contributed by atoms with Crippen LogP contribution in [0.5, 0.6) is 5.75 Å². The average molecular weight is 337 g/mol. The fourth-order valence-electron chi connectivity index (χ4n) is 2.67. The van der Waals surface area contributed by atoms with Gasteiger partial charge in [0.25, 0.3) is 0 Å². The number of urea groups is 1. The SMILES string of the molecule is COc1ccc([C@H]2CCN(C(=O)Nc3ccsc3Cl)C2)cc1. The number of benzene rings is 1. The van der Waals surface area contributed by atoms with Crippen molar-refractivity contribution in [3.63, 3.8) is 0 Å². The Kier molecular flexibility index (Phi) is 4.55. The van der Waals surface area contributed by atoms with Crippen molar-refractivity contribution < 1.29 is 9.53 Å². The number of rotatable bonds is 3. The summed E-state index contributed by atoms with van der Waals surface area (Å²) in [6.45, 7) is 1.48. The van der Waals surface area contributed by atoms with Crippen molar-refractivity contribution in [2.45, 2.75) is 12.3 Å². The summed E-state index contributed by atoms with van der Waals surface area (Å²) in [7, 11) is 1.66. The largest absolute Gasteiger partial charge is 0.497 e. The van der Waals surface area contributed by atoms with E-state index in [0.29, 0.717) is 15.9 Å². The van der Waals surface area contributed by atoms with Crippen LogP contribution in [0.1, 0.15) is 17.9 Å². The van der Waals surface area contributed by atoms with Crippen LogP contribution in [0.3, 0.4) is 0 Å². The smallest absolute Gasteiger partial charge is 0.321 e. The molecule has 0 radical (unpaired) electrons. The van der Waals surface area contributed by atoms with Crippen LogP contribution in [0.15, 0.2) is 35.7 Å². The highest BCUT2D eigenvalue weighted by Gasteiger charge is 2.27. The number of likely N-dealkylation sites (tertiary alicyclic amines) is 1. The summed E-state index contributed by atoms with van der Waals surface area (Å²) in [5.41, 5.74) is 1.93. The van der Waals surface area contributed by atoms with Crippen LogP contribution < -0.4 is 10.1 Å². The number of thiophene rings is 1. The summed E-state index contributed by atoms with van der Waals surface area (Å²) in [6.07, 6.45) is 0.969. The molecule has 3 rings (SSSR count). The first-order chi connectivity index (χ1) is 10.7. The molecule has 1 N–H and O–H groups in total. The van der Waals surface area contributed by atoms with Gasteiger partial charge in [0, 0.05) is 19.0 Å². The third-order valence-corrected chi connectivity index (χ3v) is 5.09. The van der Waals surface area contributed by atoms with Gasteiger partial charge in [0.1, 0.15) is 10.1 Å². The highest BCUT2D eigenvalue weighted by Crippen LogP contribution is 2.31. The molecule has 2 amide bonds. The van der Waals surface area contributed by atoms with Gasteiger partial charge >= 0.3 is 6.03 Å². The maximum absolute atomic E-state index is 12.3. The second-order valence-corrected chi connectivity index (χ2v) is 6.76. The lowest BCUT2D eigenvalue weighted by Gasteiger charge is -2.17. The second-order valence-electron chi connectivity index (χ2n) is 5.24. The normalized spacial score (nSPS) is 17.5. The highest BCUT2D eigenvalue weighted by molar-refractivity contribution is 7.15. The van der Waals surface area contributed by atoms with Gasteiger partial charge in [-0.2, -0.15) is 0 Å². The predicted molar refractivity (Wildman–Crippen MR) is 90.3 cm³/mol. The van der Waals surface area contributed by atoms with Crippen molar-refractivity contribution in [1.29, 1.82) is 0 Å². The lowest BCUT2D eigenvalue weighted by Crippen LogP contribution is -2.32. The van der Waals surface area contributed by atoms with Crippen molar-refractivity contribution in [3.8, 4) is 5.75 Å². The van der Waals surface area contributed by atoms with Gasteiger partial charge in [-0.1, -0.05) is 23.7 Å². The molecule has 1 aliphatic rings. The van der Waals surface area contributed by atoms with Gasteiger partial charge in [-0.3, -0.25) is 0 Å². The van der Waals surface area contributed by atoms with Gasteiger partial charge in [0.15, 0.2) is 0 Å². The number of carbonyl (C=O) groups excluding carboxylic acids is 1. The minimum absolute atomic E-state index is 0.0867. The topological polar surface area (TPSA) is 41.6 Å². The molecule has 0 saturated carbocycles. The van der Waals surface area contributed by atoms with Gasteiger partial charge in [-0.15, -0.1) is 11.3 Å². The number of nitrogens with zero attached hydrogens (tertiary/aromatic N) is 1. The molecule has 0 bridgehead atoms. The molecule has 22 heavy (non-hydrogen) atoms. The molecule has 0 aliphatic carbocycles. The van der Waals surface area contributed by atoms with Crippen LogP contribution in [0.25, 0.3) is 0 Å². The minimum atomic E-state index is -0.0867. The Labute approximate surface area is 138 Å². The zero-order valence-corrected chi connectivity index (χ0v) is 13.8. The Bertz CT molecular complexity index is 656. The molecule has 1 atom stereocenters. The van der Waals surface area contributed by atoms with Crippen LogP contribution in [0.2, 0.25) is 4.34 Å². The molecule has 1 saturated heterocycles. The number of amides is 2. The summed E-state index contributed by atoms with van der Waals surface area (Å²) in [5, 5.41) is 4.73. The highest BCUT2D eigenvalue weighted by atomic mass is 35.5. The molecule has 1 aromatic heterocycles. The lowest BCUT2D eigenvalue weighted by molar-refractivity contribution is 0.222. The summed E-state index contributed by atoms with van der Waals surface area (Å²) in [4.78, 5) is 14.1. The Morgan fingerprint density at radius 2 is 2.14 bits per heavy atom. The van der Waals surface area contributed by atoms with E-state index in [9.17, 15) is 4.79 Å². The van der Waals surface area contributed by atoms with Crippen molar-refractivity contribution in [2.75, 3.05) is 25.5 Å². The maximum atomic E-state index is 12.3. The summed E-state index contributed by atoms with van der Waals surface area (Å²) in [6, 6.07) is 9.80. The number of anilines is 1. The Balaban J connectivity index is 1.61. The number of hydrogen-bond donors (Lipinski definition) is 1. The van der Waals surface area contributed by atoms with Crippen molar-refractivity contribution in [2.24, 2.45) is 0 Å². The number of methoxy groups -OCH3 is 1. The van der Waals surface area contributed by atoms with Gasteiger partial charge in [-0.25, -0.2) is 4.79 Å². The predicted octanol–water partition coefficient (Wildman–Crippen LogP) is 4.43. The van der Waals surface area contributed by atoms with E-state index in [0.717, 1.165) is 25.3 Å². The van der Waals surface area contributed by atoms with Gasteiger partial charge < -0.3 is 15.0 Å². The van der Waals surface area contributed by atoms with E-state index in [1.165, 1.54) is 16.9 Å². The van der Waals surface area contributed by atoms with E-state index in [2.05, 4.69) is 17.4 Å². The molecule has 6 heteroatoms. The van der Waals surface area contributed by atoms with Crippen molar-refractivity contribution in [1.82, 2.24) is 4.90 Å². The van der Waals surface area contributed by atoms with Crippen LogP contribution in [0, 0.1) is 0 Å². The molecule has 2 heterocycles. The average Bonchev–Trinajstić information content (AvgIpc) is 3.17. The van der Waals surface area contributed by atoms with E-state index in [4.69, 9.17) is 16.3 Å². The fraction of sp³-hybridized carbons (Fsp3) is 0.312. The summed E-state index contributed by atoms with van der Waals surface area (Å²) < 4.78 is 5.79. The molecule has 1 aromatic carbocycles. The van der Waals surface area contributed by atoms with Crippen LogP contribution in [-0.2, 0) is 0 Å². The van der Waals surface area contributed by atoms with E-state index >= 15 is 0 Å². The third kappa shape index (κ3) is 3.20. The Morgan fingerprint density at radius 3 is 2.77 bits per heavy atom. The Morgan fingerprint density at radius 1 is 1.36 bits per heavy atom. The molecule has 116 valence electrons. The van der Waals surface area contributed by atoms with Crippen LogP contribution in [-0.4, -0.2) is 31.1 Å². The van der Waals surface area contributed by atoms with Gasteiger partial charge in [0.05, 0.1) is 12.8 Å². The number of halogens is 1. The fourth-order valence-corrected chi connectivity index (χ4v) is 3.50. The van der Waals surface area contributed by atoms with E-state index in [1.54, 1.807) is 7.11 Å². The Hall–Kier alpha value is -1.72. The first kappa shape index (κ1) is 15.2. The quantitative estimate of drug-likeness (QED) is 0.900. The maximum Gasteiger partial charge on any atom is 0.321 e. The molecule has 1 fully saturated rings. The molecular weight excluding hydrogens is 320 g/mol. The zero-order valence-electron chi connectivity index (χ0n) is 12.2. The zero-order chi connectivity index (χ0) is 15.5. The summed E-state index contributed by atoms with van der Waals surface area (Å²) >= 11 is 7.43. The molecule has 0 unspecified atom stereocenters. The first-order valence-electron chi connectivity index (χ1n) is 7.10. The van der Waals surface area contributed by atoms with E-state index in [1.807, 2.05) is 28.5 Å². The standard InChI is InChI=1S/C16H17ClN2O2S/c1-21-13-4-2-11(3-5-13)12-6-8-19(10-12)16(20)18-14-7-9-22-15(14)17/h2-5,7,9,12H,6,8,10H2,1H3,(H,18,20)/t12-/m0/s1. The van der Waals surface area contributed by atoms with Gasteiger partial charge in [-0.05, 0) is 35.6 Å². The molecule has 1 aliphatic heterocycles. The number of carbonyl (C=O) groups is 1. The van der Waals surface area contributed by atoms with E-state index < -0.39 is 0 Å². The van der Waals surface area contributed by atoms with Crippen LogP contribution >= 0.6 is 22.9 Å². The number of ether oxygens (including phenoxy) is 1. The number of hydrogen-bond acceptors (Lipinski definition) is 3. The molecule has 0 spiro atoms. The van der Waals surface area contributed by atoms with Gasteiger partial charge in [0.2, 0.25) is 0 Å². The first-order valence-corrected chi connectivity index (χ1v) is 8.36. The number of nitrogens with one attached hydrogen (secondary N) is 1. The van der Waals surface area contributed by atoms with Crippen molar-refractivity contribution >= 4 is 34.7 Å². The molecule has 4 nitrogen and oxygen atoms in total. The minimum Gasteiger partial charge on any atom is -0.497 e.